The third-order valence-electron chi connectivity index (χ3n) is 1.88. The molecule has 0 aliphatic carbocycles. The Bertz CT molecular complexity index is 185. The molecule has 76 valence electrons. The van der Waals surface area contributed by atoms with Gasteiger partial charge in [0.15, 0.2) is 0 Å². The molecule has 0 atom stereocenters. The summed E-state index contributed by atoms with van der Waals surface area (Å²) in [5, 5.41) is 0.859. The SMILES string of the molecule is CCCCC/C(Cl)=C(CC)\N=C/N. The Morgan fingerprint density at radius 3 is 2.54 bits per heavy atom. The van der Waals surface area contributed by atoms with E-state index >= 15 is 0 Å². The van der Waals surface area contributed by atoms with E-state index in [2.05, 4.69) is 11.9 Å². The predicted octanol–water partition coefficient (Wildman–Crippen LogP) is 3.41. The Hall–Kier alpha value is -0.500. The van der Waals surface area contributed by atoms with Crippen LogP contribution in [0.25, 0.3) is 0 Å². The highest BCUT2D eigenvalue weighted by Crippen LogP contribution is 2.20. The molecule has 0 aromatic rings. The predicted molar refractivity (Wildman–Crippen MR) is 60.0 cm³/mol. The van der Waals surface area contributed by atoms with Crippen molar-refractivity contribution in [2.75, 3.05) is 0 Å². The van der Waals surface area contributed by atoms with Gasteiger partial charge in [0, 0.05) is 5.03 Å². The molecule has 0 aliphatic heterocycles. The van der Waals surface area contributed by atoms with E-state index < -0.39 is 0 Å². The molecule has 0 saturated carbocycles. The van der Waals surface area contributed by atoms with Crippen LogP contribution in [0.15, 0.2) is 15.7 Å². The summed E-state index contributed by atoms with van der Waals surface area (Å²) in [5.41, 5.74) is 6.13. The number of nitrogens with zero attached hydrogens (tertiary/aromatic N) is 1. The van der Waals surface area contributed by atoms with E-state index in [-0.39, 0.29) is 0 Å². The lowest BCUT2D eigenvalue weighted by Crippen LogP contribution is -1.91. The first-order chi connectivity index (χ1) is 6.26. The summed E-state index contributed by atoms with van der Waals surface area (Å²) in [6, 6.07) is 0. The first kappa shape index (κ1) is 12.5. The van der Waals surface area contributed by atoms with Gasteiger partial charge in [-0.15, -0.1) is 0 Å². The van der Waals surface area contributed by atoms with Crippen molar-refractivity contribution in [3.63, 3.8) is 0 Å². The van der Waals surface area contributed by atoms with Gasteiger partial charge >= 0.3 is 0 Å². The number of hydrogen-bond acceptors (Lipinski definition) is 1. The minimum Gasteiger partial charge on any atom is -0.390 e. The van der Waals surface area contributed by atoms with Crippen LogP contribution in [0, 0.1) is 0 Å². The van der Waals surface area contributed by atoms with Gasteiger partial charge in [0.1, 0.15) is 0 Å². The van der Waals surface area contributed by atoms with Crippen molar-refractivity contribution in [1.29, 1.82) is 0 Å². The molecule has 13 heavy (non-hydrogen) atoms. The molecule has 0 aromatic heterocycles. The number of unbranched alkanes of at least 4 members (excludes halogenated alkanes) is 2. The lowest BCUT2D eigenvalue weighted by atomic mass is 10.1. The number of nitrogens with two attached hydrogens (primary N) is 1. The van der Waals surface area contributed by atoms with Crippen molar-refractivity contribution in [1.82, 2.24) is 0 Å². The Morgan fingerprint density at radius 1 is 1.38 bits per heavy atom. The Morgan fingerprint density at radius 2 is 2.08 bits per heavy atom. The first-order valence-electron chi connectivity index (χ1n) is 4.88. The number of rotatable bonds is 6. The van der Waals surface area contributed by atoms with Crippen LogP contribution in [0.1, 0.15) is 46.0 Å². The van der Waals surface area contributed by atoms with Crippen molar-refractivity contribution in [3.05, 3.63) is 10.7 Å². The Labute approximate surface area is 85.9 Å². The molecule has 0 bridgehead atoms. The van der Waals surface area contributed by atoms with Crippen molar-refractivity contribution in [2.45, 2.75) is 46.0 Å². The quantitative estimate of drug-likeness (QED) is 0.400. The maximum Gasteiger partial charge on any atom is 0.0856 e. The summed E-state index contributed by atoms with van der Waals surface area (Å²) >= 11 is 6.07. The normalized spacial score (nSPS) is 13.5. The van der Waals surface area contributed by atoms with Gasteiger partial charge in [-0.05, 0) is 19.3 Å². The summed E-state index contributed by atoms with van der Waals surface area (Å²) in [4.78, 5) is 4.02. The lowest BCUT2D eigenvalue weighted by Gasteiger charge is -2.02. The van der Waals surface area contributed by atoms with Crippen LogP contribution >= 0.6 is 11.6 Å². The van der Waals surface area contributed by atoms with Crippen LogP contribution in [0.5, 0.6) is 0 Å². The second-order valence-corrected chi connectivity index (χ2v) is 3.40. The Kier molecular flexibility index (Phi) is 7.80. The van der Waals surface area contributed by atoms with E-state index in [1.807, 2.05) is 6.92 Å². The number of hydrogen-bond donors (Lipinski definition) is 1. The van der Waals surface area contributed by atoms with Crippen molar-refractivity contribution in [3.8, 4) is 0 Å². The van der Waals surface area contributed by atoms with Crippen LogP contribution in [0.2, 0.25) is 0 Å². The topological polar surface area (TPSA) is 38.4 Å². The van der Waals surface area contributed by atoms with Crippen molar-refractivity contribution >= 4 is 17.9 Å². The van der Waals surface area contributed by atoms with Gasteiger partial charge in [0.2, 0.25) is 0 Å². The molecule has 0 aliphatic rings. The van der Waals surface area contributed by atoms with E-state index in [1.165, 1.54) is 19.2 Å². The second-order valence-electron chi connectivity index (χ2n) is 2.94. The highest BCUT2D eigenvalue weighted by atomic mass is 35.5. The monoisotopic (exact) mass is 202 g/mol. The van der Waals surface area contributed by atoms with Gasteiger partial charge in [-0.2, -0.15) is 0 Å². The molecule has 0 radical (unpaired) electrons. The summed E-state index contributed by atoms with van der Waals surface area (Å²) in [6.07, 6.45) is 6.65. The fourth-order valence-electron chi connectivity index (χ4n) is 1.12. The van der Waals surface area contributed by atoms with Gasteiger partial charge < -0.3 is 5.73 Å². The summed E-state index contributed by atoms with van der Waals surface area (Å²) in [5.74, 6) is 0. The van der Waals surface area contributed by atoms with Gasteiger partial charge in [0.05, 0.1) is 12.0 Å². The Balaban J connectivity index is 4.05. The average Bonchev–Trinajstić information content (AvgIpc) is 2.14. The van der Waals surface area contributed by atoms with Crippen LogP contribution in [0.3, 0.4) is 0 Å². The van der Waals surface area contributed by atoms with E-state index in [1.54, 1.807) is 0 Å². The zero-order valence-corrected chi connectivity index (χ0v) is 9.27. The first-order valence-corrected chi connectivity index (χ1v) is 5.25. The maximum atomic E-state index is 6.07. The lowest BCUT2D eigenvalue weighted by molar-refractivity contribution is 0.720. The van der Waals surface area contributed by atoms with Crippen molar-refractivity contribution < 1.29 is 0 Å². The van der Waals surface area contributed by atoms with E-state index in [9.17, 15) is 0 Å². The zero-order chi connectivity index (χ0) is 10.1. The number of allylic oxidation sites excluding steroid dienone is 2. The molecule has 0 saturated heterocycles. The van der Waals surface area contributed by atoms with Gasteiger partial charge in [-0.1, -0.05) is 38.3 Å². The fourth-order valence-corrected chi connectivity index (χ4v) is 1.43. The number of aliphatic imine (C=N–C) groups is 1. The molecule has 3 heteroatoms. The van der Waals surface area contributed by atoms with E-state index in [4.69, 9.17) is 17.3 Å². The van der Waals surface area contributed by atoms with E-state index in [0.717, 1.165) is 30.0 Å². The molecule has 0 fully saturated rings. The fraction of sp³-hybridized carbons (Fsp3) is 0.700. The molecule has 0 rings (SSSR count). The summed E-state index contributed by atoms with van der Waals surface area (Å²) in [6.45, 7) is 4.21. The minimum absolute atomic E-state index is 0.846. The molecule has 0 heterocycles. The molecule has 2 nitrogen and oxygen atoms in total. The van der Waals surface area contributed by atoms with Gasteiger partial charge in [-0.3, -0.25) is 0 Å². The largest absolute Gasteiger partial charge is 0.390 e. The second kappa shape index (κ2) is 8.11. The standard InChI is InChI=1S/C10H19ClN2/c1-3-5-6-7-9(11)10(4-2)13-8-12/h8H,3-7H2,1-2H3,(H2,12,13)/b10-9+. The molecular formula is C10H19ClN2. The minimum atomic E-state index is 0.846. The summed E-state index contributed by atoms with van der Waals surface area (Å²) in [7, 11) is 0. The van der Waals surface area contributed by atoms with E-state index in [0.29, 0.717) is 0 Å². The van der Waals surface area contributed by atoms with Gasteiger partial charge in [-0.25, -0.2) is 4.99 Å². The number of halogens is 1. The van der Waals surface area contributed by atoms with Gasteiger partial charge in [0.25, 0.3) is 0 Å². The highest BCUT2D eigenvalue weighted by Gasteiger charge is 2.00. The van der Waals surface area contributed by atoms with Crippen molar-refractivity contribution in [2.24, 2.45) is 10.7 Å². The van der Waals surface area contributed by atoms with Crippen LogP contribution in [0.4, 0.5) is 0 Å². The third-order valence-corrected chi connectivity index (χ3v) is 2.29. The van der Waals surface area contributed by atoms with Crippen LogP contribution < -0.4 is 5.73 Å². The smallest absolute Gasteiger partial charge is 0.0856 e. The molecule has 0 aromatic carbocycles. The zero-order valence-electron chi connectivity index (χ0n) is 8.52. The average molecular weight is 203 g/mol. The highest BCUT2D eigenvalue weighted by molar-refractivity contribution is 6.29. The summed E-state index contributed by atoms with van der Waals surface area (Å²) < 4.78 is 0. The maximum absolute atomic E-state index is 6.07. The molecular weight excluding hydrogens is 184 g/mol. The molecule has 0 unspecified atom stereocenters. The molecule has 2 N–H and O–H groups in total. The molecule has 0 amide bonds. The van der Waals surface area contributed by atoms with Crippen LogP contribution in [-0.4, -0.2) is 6.34 Å². The van der Waals surface area contributed by atoms with Crippen LogP contribution in [-0.2, 0) is 0 Å². The molecule has 0 spiro atoms. The third kappa shape index (κ3) is 5.69.